The van der Waals surface area contributed by atoms with Gasteiger partial charge in [-0.05, 0) is 38.2 Å². The Labute approximate surface area is 166 Å². The Balaban J connectivity index is 1.86. The van der Waals surface area contributed by atoms with E-state index in [2.05, 4.69) is 4.90 Å². The summed E-state index contributed by atoms with van der Waals surface area (Å²) in [5, 5.41) is 11.1. The zero-order valence-electron chi connectivity index (χ0n) is 16.9. The minimum atomic E-state index is -0.716. The largest absolute Gasteiger partial charge is 0.497 e. The number of ether oxygens (including phenoxy) is 2. The van der Waals surface area contributed by atoms with Crippen LogP contribution >= 0.6 is 0 Å². The Morgan fingerprint density at radius 3 is 2.43 bits per heavy atom. The first-order valence-corrected chi connectivity index (χ1v) is 9.36. The number of methoxy groups -OCH3 is 2. The van der Waals surface area contributed by atoms with Gasteiger partial charge in [-0.3, -0.25) is 9.69 Å². The fourth-order valence-corrected chi connectivity index (χ4v) is 4.10. The number of amides is 1. The van der Waals surface area contributed by atoms with Crippen molar-refractivity contribution in [2.45, 2.75) is 18.1 Å². The number of benzene rings is 2. The Morgan fingerprint density at radius 1 is 1.14 bits per heavy atom. The number of carbonyl (C=O) groups excluding carboxylic acids is 1. The number of β-amino-alcohol motifs (C(OH)–C–C–N with tert-alkyl or cyclic N) is 1. The maximum absolute atomic E-state index is 13.1. The summed E-state index contributed by atoms with van der Waals surface area (Å²) in [4.78, 5) is 16.9. The summed E-state index contributed by atoms with van der Waals surface area (Å²) in [7, 11) is 7.05. The molecule has 1 heterocycles. The van der Waals surface area contributed by atoms with E-state index in [4.69, 9.17) is 9.47 Å². The first-order chi connectivity index (χ1) is 13.4. The highest BCUT2D eigenvalue weighted by atomic mass is 16.5. The highest BCUT2D eigenvalue weighted by Crippen LogP contribution is 2.38. The molecule has 2 atom stereocenters. The molecule has 28 heavy (non-hydrogen) atoms. The lowest BCUT2D eigenvalue weighted by molar-refractivity contribution is -0.0612. The van der Waals surface area contributed by atoms with Gasteiger partial charge in [-0.1, -0.05) is 30.3 Å². The van der Waals surface area contributed by atoms with Gasteiger partial charge in [-0.15, -0.1) is 0 Å². The van der Waals surface area contributed by atoms with Crippen molar-refractivity contribution in [3.63, 3.8) is 0 Å². The molecule has 150 valence electrons. The zero-order valence-corrected chi connectivity index (χ0v) is 16.9. The van der Waals surface area contributed by atoms with Crippen molar-refractivity contribution >= 4 is 5.91 Å². The SMILES string of the molecule is COc1ccc(C(=O)N2CC[C@@](c3ccccc3)(N(C)C)[C@H](O)C2)c(OC)c1. The van der Waals surface area contributed by atoms with Crippen LogP contribution in [-0.4, -0.2) is 68.3 Å². The minimum Gasteiger partial charge on any atom is -0.497 e. The van der Waals surface area contributed by atoms with E-state index < -0.39 is 11.6 Å². The van der Waals surface area contributed by atoms with Crippen LogP contribution in [0.2, 0.25) is 0 Å². The van der Waals surface area contributed by atoms with Crippen LogP contribution in [0, 0.1) is 0 Å². The fraction of sp³-hybridized carbons (Fsp3) is 0.409. The average Bonchev–Trinajstić information content (AvgIpc) is 2.73. The Hall–Kier alpha value is -2.57. The number of aliphatic hydroxyl groups excluding tert-OH is 1. The second-order valence-electron chi connectivity index (χ2n) is 7.27. The number of rotatable bonds is 5. The predicted molar refractivity (Wildman–Crippen MR) is 108 cm³/mol. The van der Waals surface area contributed by atoms with Crippen LogP contribution in [0.1, 0.15) is 22.3 Å². The molecule has 1 amide bonds. The number of hydrogen-bond donors (Lipinski definition) is 1. The summed E-state index contributed by atoms with van der Waals surface area (Å²) in [5.74, 6) is 0.938. The van der Waals surface area contributed by atoms with Gasteiger partial charge in [-0.2, -0.15) is 0 Å². The van der Waals surface area contributed by atoms with Crippen molar-refractivity contribution in [1.82, 2.24) is 9.80 Å². The van der Waals surface area contributed by atoms with Gasteiger partial charge in [0.05, 0.1) is 31.4 Å². The molecule has 0 aromatic heterocycles. The second kappa shape index (κ2) is 8.20. The van der Waals surface area contributed by atoms with Crippen LogP contribution in [0.25, 0.3) is 0 Å². The summed E-state index contributed by atoms with van der Waals surface area (Å²) in [6.07, 6.45) is -0.0816. The maximum atomic E-state index is 13.1. The molecule has 1 aliphatic heterocycles. The molecule has 0 saturated carbocycles. The van der Waals surface area contributed by atoms with Gasteiger partial charge in [-0.25, -0.2) is 0 Å². The van der Waals surface area contributed by atoms with E-state index in [-0.39, 0.29) is 12.5 Å². The van der Waals surface area contributed by atoms with E-state index >= 15 is 0 Å². The molecule has 1 fully saturated rings. The lowest BCUT2D eigenvalue weighted by Crippen LogP contribution is -2.60. The van der Waals surface area contributed by atoms with Gasteiger partial charge < -0.3 is 19.5 Å². The lowest BCUT2D eigenvalue weighted by Gasteiger charge is -2.49. The molecule has 3 rings (SSSR count). The molecule has 2 aromatic rings. The molecular weight excluding hydrogens is 356 g/mol. The van der Waals surface area contributed by atoms with Gasteiger partial charge >= 0.3 is 0 Å². The molecule has 1 N–H and O–H groups in total. The van der Waals surface area contributed by atoms with Gasteiger partial charge in [0.1, 0.15) is 11.5 Å². The van der Waals surface area contributed by atoms with E-state index in [1.54, 1.807) is 30.2 Å². The second-order valence-corrected chi connectivity index (χ2v) is 7.27. The first kappa shape index (κ1) is 20.2. The van der Waals surface area contributed by atoms with E-state index in [1.165, 1.54) is 7.11 Å². The lowest BCUT2D eigenvalue weighted by atomic mass is 9.77. The predicted octanol–water partition coefficient (Wildman–Crippen LogP) is 2.37. The Bertz CT molecular complexity index is 825. The molecule has 2 aromatic carbocycles. The van der Waals surface area contributed by atoms with Crippen LogP contribution < -0.4 is 9.47 Å². The molecule has 6 nitrogen and oxygen atoms in total. The van der Waals surface area contributed by atoms with Crippen molar-refractivity contribution < 1.29 is 19.4 Å². The van der Waals surface area contributed by atoms with Crippen LogP contribution in [-0.2, 0) is 5.54 Å². The molecule has 0 radical (unpaired) electrons. The van der Waals surface area contributed by atoms with E-state index in [1.807, 2.05) is 44.4 Å². The molecule has 1 saturated heterocycles. The van der Waals surface area contributed by atoms with E-state index in [0.29, 0.717) is 30.0 Å². The van der Waals surface area contributed by atoms with Crippen molar-refractivity contribution in [2.24, 2.45) is 0 Å². The van der Waals surface area contributed by atoms with Crippen LogP contribution in [0.4, 0.5) is 0 Å². The normalized spacial score (nSPS) is 22.2. The summed E-state index contributed by atoms with van der Waals surface area (Å²) in [5.41, 5.74) is 0.997. The molecule has 1 aliphatic rings. The van der Waals surface area contributed by atoms with Crippen LogP contribution in [0.5, 0.6) is 11.5 Å². The number of likely N-dealkylation sites (tertiary alicyclic amines) is 1. The van der Waals surface area contributed by atoms with Crippen molar-refractivity contribution in [1.29, 1.82) is 0 Å². The number of likely N-dealkylation sites (N-methyl/N-ethyl adjacent to an activating group) is 1. The molecule has 0 bridgehead atoms. The highest BCUT2D eigenvalue weighted by molar-refractivity contribution is 5.97. The monoisotopic (exact) mass is 384 g/mol. The maximum Gasteiger partial charge on any atom is 0.257 e. The Morgan fingerprint density at radius 2 is 1.86 bits per heavy atom. The number of carbonyl (C=O) groups is 1. The van der Waals surface area contributed by atoms with Crippen molar-refractivity contribution in [2.75, 3.05) is 41.4 Å². The highest BCUT2D eigenvalue weighted by Gasteiger charge is 2.46. The topological polar surface area (TPSA) is 62.2 Å². The summed E-state index contributed by atoms with van der Waals surface area (Å²) in [6.45, 7) is 0.791. The molecule has 0 unspecified atom stereocenters. The summed E-state index contributed by atoms with van der Waals surface area (Å²) in [6, 6.07) is 15.1. The van der Waals surface area contributed by atoms with Crippen LogP contribution in [0.3, 0.4) is 0 Å². The van der Waals surface area contributed by atoms with E-state index in [9.17, 15) is 9.90 Å². The van der Waals surface area contributed by atoms with Gasteiger partial charge in [0.25, 0.3) is 5.91 Å². The van der Waals surface area contributed by atoms with Gasteiger partial charge in [0.15, 0.2) is 0 Å². The number of aliphatic hydroxyl groups is 1. The van der Waals surface area contributed by atoms with E-state index in [0.717, 1.165) is 5.56 Å². The first-order valence-electron chi connectivity index (χ1n) is 9.36. The zero-order chi connectivity index (χ0) is 20.3. The van der Waals surface area contributed by atoms with Gasteiger partial charge in [0.2, 0.25) is 0 Å². The summed E-state index contributed by atoms with van der Waals surface area (Å²) < 4.78 is 10.6. The van der Waals surface area contributed by atoms with Crippen molar-refractivity contribution in [3.8, 4) is 11.5 Å². The standard InChI is InChI=1S/C22H28N2O4/c1-23(2)22(16-8-6-5-7-9-16)12-13-24(15-20(22)25)21(26)18-11-10-17(27-3)14-19(18)28-4/h5-11,14,20,25H,12-13,15H2,1-4H3/t20-,22+/m1/s1. The molecular formula is C22H28N2O4. The molecule has 0 spiro atoms. The smallest absolute Gasteiger partial charge is 0.257 e. The third kappa shape index (κ3) is 3.45. The summed E-state index contributed by atoms with van der Waals surface area (Å²) >= 11 is 0. The quantitative estimate of drug-likeness (QED) is 0.858. The van der Waals surface area contributed by atoms with Crippen LogP contribution in [0.15, 0.2) is 48.5 Å². The third-order valence-electron chi connectivity index (χ3n) is 5.71. The van der Waals surface area contributed by atoms with Crippen molar-refractivity contribution in [3.05, 3.63) is 59.7 Å². The number of piperidine rings is 1. The number of hydrogen-bond acceptors (Lipinski definition) is 5. The third-order valence-corrected chi connectivity index (χ3v) is 5.71. The Kier molecular flexibility index (Phi) is 5.91. The molecule has 0 aliphatic carbocycles. The number of nitrogens with zero attached hydrogens (tertiary/aromatic N) is 2. The average molecular weight is 384 g/mol. The fourth-order valence-electron chi connectivity index (χ4n) is 4.10. The minimum absolute atomic E-state index is 0.154. The van der Waals surface area contributed by atoms with Gasteiger partial charge in [0, 0.05) is 19.2 Å². The molecule has 6 heteroatoms.